The first-order valence-electron chi connectivity index (χ1n) is 9.90. The summed E-state index contributed by atoms with van der Waals surface area (Å²) in [6.45, 7) is 0.988. The highest BCUT2D eigenvalue weighted by Gasteiger charge is 2.33. The van der Waals surface area contributed by atoms with Crippen LogP contribution in [0.25, 0.3) is 0 Å². The van der Waals surface area contributed by atoms with Crippen molar-refractivity contribution >= 4 is 52.5 Å². The second kappa shape index (κ2) is 9.10. The van der Waals surface area contributed by atoms with Crippen LogP contribution in [0.1, 0.15) is 19.3 Å². The Morgan fingerprint density at radius 2 is 2.00 bits per heavy atom. The highest BCUT2D eigenvalue weighted by atomic mass is 35.5. The summed E-state index contributed by atoms with van der Waals surface area (Å²) in [6, 6.07) is 14.6. The van der Waals surface area contributed by atoms with E-state index in [0.717, 1.165) is 23.4 Å². The molecule has 2 aromatic carbocycles. The molecule has 8 heteroatoms. The van der Waals surface area contributed by atoms with Crippen LogP contribution < -0.4 is 10.6 Å². The molecule has 6 nitrogen and oxygen atoms in total. The lowest BCUT2D eigenvalue weighted by Crippen LogP contribution is -2.45. The van der Waals surface area contributed by atoms with Gasteiger partial charge in [0, 0.05) is 35.1 Å². The molecule has 0 aliphatic carbocycles. The first kappa shape index (κ1) is 20.8. The molecule has 30 heavy (non-hydrogen) atoms. The van der Waals surface area contributed by atoms with Crippen molar-refractivity contribution in [2.24, 2.45) is 5.92 Å². The van der Waals surface area contributed by atoms with E-state index in [1.54, 1.807) is 17.0 Å². The molecule has 2 aromatic rings. The number of hydrogen-bond donors (Lipinski definition) is 2. The van der Waals surface area contributed by atoms with E-state index in [0.29, 0.717) is 23.8 Å². The van der Waals surface area contributed by atoms with Gasteiger partial charge in [0.25, 0.3) is 0 Å². The number of carbonyl (C=O) groups is 3. The van der Waals surface area contributed by atoms with Crippen molar-refractivity contribution in [2.75, 3.05) is 23.7 Å². The number of rotatable bonds is 4. The normalized spacial score (nSPS) is 20.8. The largest absolute Gasteiger partial charge is 0.342 e. The summed E-state index contributed by atoms with van der Waals surface area (Å²) in [5.41, 5.74) is 1.43. The second-order valence-electron chi connectivity index (χ2n) is 7.47. The smallest absolute Gasteiger partial charge is 0.238 e. The first-order valence-corrected chi connectivity index (χ1v) is 11.2. The maximum Gasteiger partial charge on any atom is 0.238 e. The zero-order valence-electron chi connectivity index (χ0n) is 16.3. The fourth-order valence-electron chi connectivity index (χ4n) is 3.73. The van der Waals surface area contributed by atoms with E-state index in [1.807, 2.05) is 36.4 Å². The highest BCUT2D eigenvalue weighted by Crippen LogP contribution is 2.38. The lowest BCUT2D eigenvalue weighted by atomic mass is 9.96. The Bertz CT molecular complexity index is 969. The molecular formula is C22H22ClN3O3S. The minimum atomic E-state index is -0.496. The topological polar surface area (TPSA) is 78.5 Å². The van der Waals surface area contributed by atoms with Crippen LogP contribution in [0.4, 0.5) is 11.4 Å². The van der Waals surface area contributed by atoms with Gasteiger partial charge < -0.3 is 15.5 Å². The number of para-hydroxylation sites is 1. The van der Waals surface area contributed by atoms with Crippen molar-refractivity contribution in [1.82, 2.24) is 4.90 Å². The lowest BCUT2D eigenvalue weighted by Gasteiger charge is -2.33. The Morgan fingerprint density at radius 3 is 2.80 bits per heavy atom. The van der Waals surface area contributed by atoms with Crippen molar-refractivity contribution in [2.45, 2.75) is 29.4 Å². The molecule has 156 valence electrons. The number of thioether (sulfide) groups is 1. The number of piperidine rings is 1. The van der Waals surface area contributed by atoms with Gasteiger partial charge in [0.05, 0.1) is 16.9 Å². The predicted octanol–water partition coefficient (Wildman–Crippen LogP) is 4.02. The number of nitrogens with zero attached hydrogens (tertiary/aromatic N) is 1. The van der Waals surface area contributed by atoms with Gasteiger partial charge in [-0.15, -0.1) is 11.8 Å². The molecule has 0 saturated carbocycles. The van der Waals surface area contributed by atoms with Gasteiger partial charge in [-0.1, -0.05) is 29.8 Å². The molecule has 3 amide bonds. The van der Waals surface area contributed by atoms with Crippen LogP contribution in [0.15, 0.2) is 53.4 Å². The molecule has 2 N–H and O–H groups in total. The number of amides is 3. The summed E-state index contributed by atoms with van der Waals surface area (Å²) in [6.07, 6.45) is 1.62. The van der Waals surface area contributed by atoms with Crippen LogP contribution >= 0.6 is 23.4 Å². The average Bonchev–Trinajstić information content (AvgIpc) is 2.75. The molecular weight excluding hydrogens is 422 g/mol. The molecule has 0 spiro atoms. The molecule has 1 fully saturated rings. The van der Waals surface area contributed by atoms with Crippen LogP contribution in [0.5, 0.6) is 0 Å². The molecule has 1 saturated heterocycles. The maximum atomic E-state index is 12.9. The van der Waals surface area contributed by atoms with Gasteiger partial charge in [0.1, 0.15) is 0 Å². The summed E-state index contributed by atoms with van der Waals surface area (Å²) in [4.78, 5) is 40.6. The van der Waals surface area contributed by atoms with E-state index >= 15 is 0 Å². The van der Waals surface area contributed by atoms with Gasteiger partial charge in [0.2, 0.25) is 17.7 Å². The number of nitrogens with one attached hydrogen (secondary N) is 2. The minimum Gasteiger partial charge on any atom is -0.342 e. The zero-order chi connectivity index (χ0) is 21.1. The number of halogens is 1. The van der Waals surface area contributed by atoms with E-state index in [4.69, 9.17) is 11.6 Å². The van der Waals surface area contributed by atoms with Gasteiger partial charge in [-0.2, -0.15) is 0 Å². The summed E-state index contributed by atoms with van der Waals surface area (Å²) in [5.74, 6) is -0.622. The molecule has 2 heterocycles. The summed E-state index contributed by atoms with van der Waals surface area (Å²) in [5, 5.41) is 5.81. The fraction of sp³-hybridized carbons (Fsp3) is 0.318. The molecule has 2 atom stereocenters. The van der Waals surface area contributed by atoms with Crippen LogP contribution in [0, 0.1) is 5.92 Å². The van der Waals surface area contributed by atoms with Gasteiger partial charge in [0.15, 0.2) is 0 Å². The maximum absolute atomic E-state index is 12.9. The van der Waals surface area contributed by atoms with Crippen molar-refractivity contribution in [3.63, 3.8) is 0 Å². The molecule has 0 bridgehead atoms. The number of anilines is 2. The number of hydrogen-bond acceptors (Lipinski definition) is 4. The molecule has 2 aliphatic rings. The molecule has 2 unspecified atom stereocenters. The number of fused-ring (bicyclic) bond motifs is 1. The zero-order valence-corrected chi connectivity index (χ0v) is 17.8. The molecule has 0 aromatic heterocycles. The third-order valence-corrected chi connectivity index (χ3v) is 6.82. The Balaban J connectivity index is 1.36. The first-order chi connectivity index (χ1) is 14.5. The predicted molar refractivity (Wildman–Crippen MR) is 119 cm³/mol. The Labute approximate surface area is 184 Å². The monoisotopic (exact) mass is 443 g/mol. The van der Waals surface area contributed by atoms with E-state index < -0.39 is 5.25 Å². The standard InChI is InChI=1S/C22H22ClN3O3S/c23-15-8-9-18-17(11-15)25-22(29)19(30-18)12-20(27)26-10-4-5-14(13-26)21(28)24-16-6-2-1-3-7-16/h1-3,6-9,11,14,19H,4-5,10,12-13H2,(H,24,28)(H,25,29). The molecule has 0 radical (unpaired) electrons. The van der Waals surface area contributed by atoms with E-state index in [2.05, 4.69) is 10.6 Å². The minimum absolute atomic E-state index is 0.0747. The second-order valence-corrected chi connectivity index (χ2v) is 9.16. The van der Waals surface area contributed by atoms with E-state index in [-0.39, 0.29) is 30.1 Å². The molecule has 2 aliphatic heterocycles. The lowest BCUT2D eigenvalue weighted by molar-refractivity contribution is -0.135. The number of carbonyl (C=O) groups excluding carboxylic acids is 3. The summed E-state index contributed by atoms with van der Waals surface area (Å²) in [7, 11) is 0. The van der Waals surface area contributed by atoms with Crippen molar-refractivity contribution in [3.8, 4) is 0 Å². The Kier molecular flexibility index (Phi) is 6.29. The Morgan fingerprint density at radius 1 is 1.20 bits per heavy atom. The quantitative estimate of drug-likeness (QED) is 0.748. The van der Waals surface area contributed by atoms with Crippen molar-refractivity contribution < 1.29 is 14.4 Å². The SMILES string of the molecule is O=C(Nc1ccccc1)C1CCCN(C(=O)CC2Sc3ccc(Cl)cc3NC2=O)C1. The molecule has 4 rings (SSSR count). The number of benzene rings is 2. The van der Waals surface area contributed by atoms with Crippen LogP contribution in [0.3, 0.4) is 0 Å². The van der Waals surface area contributed by atoms with Gasteiger partial charge >= 0.3 is 0 Å². The summed E-state index contributed by atoms with van der Waals surface area (Å²) >= 11 is 7.36. The van der Waals surface area contributed by atoms with Gasteiger partial charge in [-0.3, -0.25) is 14.4 Å². The van der Waals surface area contributed by atoms with Gasteiger partial charge in [-0.05, 0) is 43.2 Å². The number of likely N-dealkylation sites (tertiary alicyclic amines) is 1. The van der Waals surface area contributed by atoms with Crippen LogP contribution in [-0.2, 0) is 14.4 Å². The highest BCUT2D eigenvalue weighted by molar-refractivity contribution is 8.01. The van der Waals surface area contributed by atoms with Crippen molar-refractivity contribution in [1.29, 1.82) is 0 Å². The third kappa shape index (κ3) is 4.79. The van der Waals surface area contributed by atoms with E-state index in [1.165, 1.54) is 11.8 Å². The van der Waals surface area contributed by atoms with Gasteiger partial charge in [-0.25, -0.2) is 0 Å². The third-order valence-electron chi connectivity index (χ3n) is 5.31. The van der Waals surface area contributed by atoms with Crippen LogP contribution in [0.2, 0.25) is 5.02 Å². The van der Waals surface area contributed by atoms with Crippen LogP contribution in [-0.4, -0.2) is 41.0 Å². The van der Waals surface area contributed by atoms with Crippen molar-refractivity contribution in [3.05, 3.63) is 53.6 Å². The van der Waals surface area contributed by atoms with E-state index in [9.17, 15) is 14.4 Å². The summed E-state index contributed by atoms with van der Waals surface area (Å²) < 4.78 is 0. The Hall–Kier alpha value is -2.51. The average molecular weight is 444 g/mol. The fourth-order valence-corrected chi connectivity index (χ4v) is 4.98.